The van der Waals surface area contributed by atoms with Gasteiger partial charge in [0.15, 0.2) is 0 Å². The molecule has 3 amide bonds. The second-order valence-electron chi connectivity index (χ2n) is 7.58. The van der Waals surface area contributed by atoms with Crippen LogP contribution >= 0.6 is 0 Å². The maximum absolute atomic E-state index is 13.1. The third-order valence-corrected chi connectivity index (χ3v) is 5.72. The van der Waals surface area contributed by atoms with Gasteiger partial charge in [0.1, 0.15) is 18.2 Å². The lowest BCUT2D eigenvalue weighted by atomic mass is 9.98. The average molecular weight is 371 g/mol. The highest BCUT2D eigenvalue weighted by Gasteiger charge is 2.53. The summed E-state index contributed by atoms with van der Waals surface area (Å²) in [5.74, 6) is -2.06. The lowest BCUT2D eigenvalue weighted by Gasteiger charge is -2.48. The number of aliphatic carboxylic acids is 1. The minimum absolute atomic E-state index is 0.0515. The molecular formula is C19H21N3O5. The van der Waals surface area contributed by atoms with Gasteiger partial charge in [-0.1, -0.05) is 12.1 Å². The molecule has 0 bridgehead atoms. The predicted octanol–water partition coefficient (Wildman–Crippen LogP) is 0.965. The van der Waals surface area contributed by atoms with E-state index in [9.17, 15) is 24.3 Å². The standard InChI is InChI=1S/C19H21N3O5/c1-19-9-8-15(24)22(19)13-5-3-2-4-12(13)17(25)21(19)10-14(23)20-16(18(26)27)11-6-7-11/h2-5,11,16H,6-10H2,1H3,(H,20,23)(H,26,27). The maximum Gasteiger partial charge on any atom is 0.326 e. The summed E-state index contributed by atoms with van der Waals surface area (Å²) in [6, 6.07) is 5.93. The van der Waals surface area contributed by atoms with Gasteiger partial charge in [0.05, 0.1) is 11.3 Å². The summed E-state index contributed by atoms with van der Waals surface area (Å²) < 4.78 is 0. The summed E-state index contributed by atoms with van der Waals surface area (Å²) in [4.78, 5) is 52.5. The fourth-order valence-electron chi connectivity index (χ4n) is 4.11. The lowest BCUT2D eigenvalue weighted by molar-refractivity contribution is -0.142. The molecule has 2 N–H and O–H groups in total. The molecule has 8 heteroatoms. The first-order valence-electron chi connectivity index (χ1n) is 9.09. The molecular weight excluding hydrogens is 350 g/mol. The smallest absolute Gasteiger partial charge is 0.326 e. The molecule has 27 heavy (non-hydrogen) atoms. The van der Waals surface area contributed by atoms with Crippen molar-refractivity contribution >= 4 is 29.4 Å². The predicted molar refractivity (Wildman–Crippen MR) is 94.9 cm³/mol. The summed E-state index contributed by atoms with van der Waals surface area (Å²) in [5.41, 5.74) is -0.00131. The zero-order valence-corrected chi connectivity index (χ0v) is 15.0. The van der Waals surface area contributed by atoms with E-state index in [1.54, 1.807) is 36.1 Å². The van der Waals surface area contributed by atoms with Crippen LogP contribution in [0.5, 0.6) is 0 Å². The summed E-state index contributed by atoms with van der Waals surface area (Å²) in [6.45, 7) is 1.48. The zero-order chi connectivity index (χ0) is 19.3. The van der Waals surface area contributed by atoms with Crippen molar-refractivity contribution in [3.63, 3.8) is 0 Å². The van der Waals surface area contributed by atoms with Crippen LogP contribution in [-0.4, -0.2) is 51.9 Å². The molecule has 2 aliphatic heterocycles. The van der Waals surface area contributed by atoms with Crippen molar-refractivity contribution in [1.82, 2.24) is 10.2 Å². The van der Waals surface area contributed by atoms with Crippen LogP contribution < -0.4 is 10.2 Å². The van der Waals surface area contributed by atoms with Gasteiger partial charge < -0.3 is 15.3 Å². The second kappa shape index (κ2) is 6.07. The molecule has 2 fully saturated rings. The molecule has 1 saturated heterocycles. The molecule has 142 valence electrons. The number of amides is 3. The van der Waals surface area contributed by atoms with Gasteiger partial charge in [0.2, 0.25) is 11.8 Å². The molecule has 0 spiro atoms. The largest absolute Gasteiger partial charge is 0.480 e. The van der Waals surface area contributed by atoms with Crippen molar-refractivity contribution in [3.8, 4) is 0 Å². The van der Waals surface area contributed by atoms with Crippen molar-refractivity contribution in [2.24, 2.45) is 5.92 Å². The molecule has 8 nitrogen and oxygen atoms in total. The molecule has 1 aromatic carbocycles. The van der Waals surface area contributed by atoms with Gasteiger partial charge in [-0.15, -0.1) is 0 Å². The highest BCUT2D eigenvalue weighted by Crippen LogP contribution is 2.43. The van der Waals surface area contributed by atoms with Crippen LogP contribution in [0.2, 0.25) is 0 Å². The quantitative estimate of drug-likeness (QED) is 0.802. The Morgan fingerprint density at radius 2 is 2.00 bits per heavy atom. The maximum atomic E-state index is 13.1. The van der Waals surface area contributed by atoms with E-state index in [4.69, 9.17) is 0 Å². The topological polar surface area (TPSA) is 107 Å². The van der Waals surface area contributed by atoms with Crippen molar-refractivity contribution in [2.75, 3.05) is 11.4 Å². The van der Waals surface area contributed by atoms with Crippen LogP contribution in [0.3, 0.4) is 0 Å². The first-order valence-corrected chi connectivity index (χ1v) is 9.09. The molecule has 3 aliphatic rings. The van der Waals surface area contributed by atoms with Crippen LogP contribution in [0.25, 0.3) is 0 Å². The van der Waals surface area contributed by atoms with Gasteiger partial charge in [-0.3, -0.25) is 19.3 Å². The number of carboxylic acid groups (broad SMARTS) is 1. The first-order chi connectivity index (χ1) is 12.8. The summed E-state index contributed by atoms with van der Waals surface area (Å²) >= 11 is 0. The third-order valence-electron chi connectivity index (χ3n) is 5.72. The van der Waals surface area contributed by atoms with Crippen molar-refractivity contribution in [1.29, 1.82) is 0 Å². The molecule has 2 atom stereocenters. The minimum Gasteiger partial charge on any atom is -0.480 e. The number of fused-ring (bicyclic) bond motifs is 3. The summed E-state index contributed by atoms with van der Waals surface area (Å²) in [6.07, 6.45) is 2.25. The van der Waals surface area contributed by atoms with E-state index in [1.807, 2.05) is 0 Å². The first kappa shape index (κ1) is 17.5. The van der Waals surface area contributed by atoms with Gasteiger partial charge in [-0.2, -0.15) is 0 Å². The van der Waals surface area contributed by atoms with E-state index in [1.165, 1.54) is 4.90 Å². The number of rotatable bonds is 5. The molecule has 1 aliphatic carbocycles. The Morgan fingerprint density at radius 1 is 1.30 bits per heavy atom. The molecule has 1 saturated carbocycles. The summed E-state index contributed by atoms with van der Waals surface area (Å²) in [7, 11) is 0. The number of hydrogen-bond donors (Lipinski definition) is 2. The van der Waals surface area contributed by atoms with Gasteiger partial charge in [-0.05, 0) is 44.2 Å². The highest BCUT2D eigenvalue weighted by molar-refractivity contribution is 6.11. The van der Waals surface area contributed by atoms with E-state index >= 15 is 0 Å². The van der Waals surface area contributed by atoms with E-state index in [0.717, 1.165) is 12.8 Å². The van der Waals surface area contributed by atoms with Gasteiger partial charge in [0, 0.05) is 6.42 Å². The summed E-state index contributed by atoms with van der Waals surface area (Å²) in [5, 5.41) is 11.9. The number of hydrogen-bond acceptors (Lipinski definition) is 4. The van der Waals surface area contributed by atoms with Crippen LogP contribution in [0.1, 0.15) is 43.0 Å². The van der Waals surface area contributed by atoms with Crippen LogP contribution in [0.4, 0.5) is 5.69 Å². The van der Waals surface area contributed by atoms with Crippen LogP contribution in [0.15, 0.2) is 24.3 Å². The molecule has 2 unspecified atom stereocenters. The lowest BCUT2D eigenvalue weighted by Crippen LogP contribution is -2.64. The van der Waals surface area contributed by atoms with E-state index < -0.39 is 23.6 Å². The number of nitrogens with zero attached hydrogens (tertiary/aromatic N) is 2. The highest BCUT2D eigenvalue weighted by atomic mass is 16.4. The molecule has 0 aromatic heterocycles. The van der Waals surface area contributed by atoms with Crippen molar-refractivity contribution in [2.45, 2.75) is 44.3 Å². The second-order valence-corrected chi connectivity index (χ2v) is 7.58. The number of anilines is 1. The van der Waals surface area contributed by atoms with Gasteiger partial charge in [0.25, 0.3) is 5.91 Å². The van der Waals surface area contributed by atoms with Gasteiger partial charge in [-0.25, -0.2) is 4.79 Å². The Bertz CT molecular complexity index is 850. The average Bonchev–Trinajstić information content (AvgIpc) is 3.41. The van der Waals surface area contributed by atoms with Gasteiger partial charge >= 0.3 is 5.97 Å². The SMILES string of the molecule is CC12CCC(=O)N1c1ccccc1C(=O)N2CC(=O)NC(C(=O)O)C1CC1. The van der Waals surface area contributed by atoms with Crippen molar-refractivity contribution < 1.29 is 24.3 Å². The number of para-hydroxylation sites is 1. The Kier molecular flexibility index (Phi) is 3.94. The zero-order valence-electron chi connectivity index (χ0n) is 15.0. The third kappa shape index (κ3) is 2.75. The minimum atomic E-state index is -1.06. The number of nitrogens with one attached hydrogen (secondary N) is 1. The molecule has 0 radical (unpaired) electrons. The molecule has 2 heterocycles. The Labute approximate surface area is 156 Å². The van der Waals surface area contributed by atoms with Crippen LogP contribution in [0, 0.1) is 5.92 Å². The Morgan fingerprint density at radius 3 is 2.67 bits per heavy atom. The number of carboxylic acids is 1. The molecule has 1 aromatic rings. The Hall–Kier alpha value is -2.90. The molecule has 4 rings (SSSR count). The van der Waals surface area contributed by atoms with E-state index in [-0.39, 0.29) is 30.7 Å². The van der Waals surface area contributed by atoms with Crippen LogP contribution in [-0.2, 0) is 14.4 Å². The number of carbonyl (C=O) groups excluding carboxylic acids is 3. The van der Waals surface area contributed by atoms with Crippen molar-refractivity contribution in [3.05, 3.63) is 29.8 Å². The Balaban J connectivity index is 1.62. The normalized spacial score (nSPS) is 25.1. The fraction of sp³-hybridized carbons (Fsp3) is 0.474. The van der Waals surface area contributed by atoms with E-state index in [0.29, 0.717) is 17.7 Å². The van der Waals surface area contributed by atoms with E-state index in [2.05, 4.69) is 5.32 Å². The number of carbonyl (C=O) groups is 4. The monoisotopic (exact) mass is 371 g/mol. The number of benzene rings is 1. The fourth-order valence-corrected chi connectivity index (χ4v) is 4.11.